The number of aliphatic hydroxyl groups is 2. The van der Waals surface area contributed by atoms with E-state index in [2.05, 4.69) is 22.1 Å². The lowest BCUT2D eigenvalue weighted by Gasteiger charge is -2.21. The topological polar surface area (TPSA) is 91.7 Å². The quantitative estimate of drug-likeness (QED) is 0.516. The van der Waals surface area contributed by atoms with Gasteiger partial charge in [-0.25, -0.2) is 9.78 Å². The number of ether oxygens (including phenoxy) is 1. The summed E-state index contributed by atoms with van der Waals surface area (Å²) in [6.07, 6.45) is -4.85. The Morgan fingerprint density at radius 3 is 2.29 bits per heavy atom. The molecule has 0 atom stereocenters. The molecule has 0 fully saturated rings. The monoisotopic (exact) mass is 414 g/mol. The minimum atomic E-state index is -5.27. The molecule has 1 heterocycles. The molecule has 2 aromatic rings. The Hall–Kier alpha value is -2.61. The Morgan fingerprint density at radius 1 is 1.14 bits per heavy atom. The molecule has 0 bridgehead atoms. The van der Waals surface area contributed by atoms with Gasteiger partial charge >= 0.3 is 18.1 Å². The van der Waals surface area contributed by atoms with Crippen LogP contribution in [-0.2, 0) is 10.5 Å². The third-order valence-electron chi connectivity index (χ3n) is 3.06. The number of anilines is 1. The lowest BCUT2D eigenvalue weighted by Crippen LogP contribution is -2.41. The average molecular weight is 414 g/mol. The van der Waals surface area contributed by atoms with Crippen molar-refractivity contribution in [1.29, 1.82) is 0 Å². The highest BCUT2D eigenvalue weighted by atomic mass is 32.1. The number of carbonyl (C=O) groups is 1. The highest BCUT2D eigenvalue weighted by molar-refractivity contribution is 7.12. The maximum absolute atomic E-state index is 12.6. The van der Waals surface area contributed by atoms with Gasteiger partial charge in [-0.05, 0) is 51.0 Å². The molecule has 2 rings (SSSR count). The second kappa shape index (κ2) is 7.79. The van der Waals surface area contributed by atoms with Crippen molar-refractivity contribution in [2.45, 2.75) is 38.3 Å². The number of halogens is 3. The van der Waals surface area contributed by atoms with Gasteiger partial charge in [-0.15, -0.1) is 11.3 Å². The first-order chi connectivity index (χ1) is 12.8. The van der Waals surface area contributed by atoms with E-state index in [0.29, 0.717) is 22.6 Å². The van der Waals surface area contributed by atoms with E-state index in [1.165, 1.54) is 0 Å². The van der Waals surface area contributed by atoms with Crippen molar-refractivity contribution in [1.82, 2.24) is 4.98 Å². The van der Waals surface area contributed by atoms with Gasteiger partial charge < -0.3 is 14.9 Å². The van der Waals surface area contributed by atoms with Gasteiger partial charge in [0.1, 0.15) is 5.60 Å². The van der Waals surface area contributed by atoms with Gasteiger partial charge in [-0.1, -0.05) is 5.92 Å². The summed E-state index contributed by atoms with van der Waals surface area (Å²) >= 11 is 0.424. The van der Waals surface area contributed by atoms with E-state index in [9.17, 15) is 28.2 Å². The molecule has 0 unspecified atom stereocenters. The van der Waals surface area contributed by atoms with E-state index in [0.717, 1.165) is 6.20 Å². The van der Waals surface area contributed by atoms with Gasteiger partial charge in [0, 0.05) is 11.3 Å². The normalized spacial score (nSPS) is 12.1. The predicted octanol–water partition coefficient (Wildman–Crippen LogP) is 3.59. The van der Waals surface area contributed by atoms with E-state index in [-0.39, 0.29) is 4.88 Å². The van der Waals surface area contributed by atoms with Crippen LogP contribution in [0.2, 0.25) is 0 Å². The summed E-state index contributed by atoms with van der Waals surface area (Å²) in [5, 5.41) is 20.0. The van der Waals surface area contributed by atoms with Gasteiger partial charge in [0.25, 0.3) is 0 Å². The van der Waals surface area contributed by atoms with Crippen molar-refractivity contribution < 1.29 is 32.9 Å². The molecule has 3 N–H and O–H groups in total. The zero-order chi connectivity index (χ0) is 21.2. The van der Waals surface area contributed by atoms with Gasteiger partial charge in [0.15, 0.2) is 5.01 Å². The standard InChI is InChI=1S/C18H17F3N2O4S/c1-16(2,3)27-15(24)23-12-7-4-11(5-8-12)6-9-13-10-22-14(28-13)17(25,26)18(19,20)21/h4-5,7-8,10,25-26H,1-3H3,(H,23,24). The highest BCUT2D eigenvalue weighted by Crippen LogP contribution is 2.38. The van der Waals surface area contributed by atoms with Crippen LogP contribution in [0.4, 0.5) is 23.7 Å². The van der Waals surface area contributed by atoms with Crippen LogP contribution >= 0.6 is 11.3 Å². The Kier molecular flexibility index (Phi) is 6.03. The largest absolute Gasteiger partial charge is 0.450 e. The van der Waals surface area contributed by atoms with Gasteiger partial charge in [0.2, 0.25) is 0 Å². The van der Waals surface area contributed by atoms with Crippen LogP contribution in [0.15, 0.2) is 30.5 Å². The van der Waals surface area contributed by atoms with Crippen LogP contribution in [0.1, 0.15) is 36.2 Å². The number of hydrogen-bond donors (Lipinski definition) is 3. The third kappa shape index (κ3) is 5.69. The molecule has 1 aromatic heterocycles. The molecule has 10 heteroatoms. The summed E-state index contributed by atoms with van der Waals surface area (Å²) in [5.74, 6) is 1.29. The summed E-state index contributed by atoms with van der Waals surface area (Å²) in [6.45, 7) is 5.22. The van der Waals surface area contributed by atoms with Gasteiger partial charge in [-0.3, -0.25) is 5.32 Å². The summed E-state index contributed by atoms with van der Waals surface area (Å²) in [6, 6.07) is 6.36. The number of thiazole rings is 1. The number of carbonyl (C=O) groups excluding carboxylic acids is 1. The number of rotatable bonds is 2. The Labute approximate surface area is 163 Å². The van der Waals surface area contributed by atoms with Crippen molar-refractivity contribution in [2.24, 2.45) is 0 Å². The molecule has 6 nitrogen and oxygen atoms in total. The predicted molar refractivity (Wildman–Crippen MR) is 96.6 cm³/mol. The molecular weight excluding hydrogens is 397 g/mol. The lowest BCUT2D eigenvalue weighted by atomic mass is 10.2. The molecule has 0 aliphatic heterocycles. The first-order valence-electron chi connectivity index (χ1n) is 7.88. The van der Waals surface area contributed by atoms with Gasteiger partial charge in [-0.2, -0.15) is 13.2 Å². The second-order valence-corrected chi connectivity index (χ2v) is 7.68. The lowest BCUT2D eigenvalue weighted by molar-refractivity contribution is -0.358. The van der Waals surface area contributed by atoms with E-state index in [4.69, 9.17) is 4.74 Å². The second-order valence-electron chi connectivity index (χ2n) is 6.65. The Bertz CT molecular complexity index is 904. The van der Waals surface area contributed by atoms with Crippen molar-refractivity contribution >= 4 is 23.1 Å². The highest BCUT2D eigenvalue weighted by Gasteiger charge is 2.56. The molecule has 1 amide bonds. The first kappa shape index (κ1) is 21.7. The van der Waals surface area contributed by atoms with Crippen LogP contribution in [0.25, 0.3) is 0 Å². The molecule has 0 spiro atoms. The smallest absolute Gasteiger partial charge is 0.444 e. The van der Waals surface area contributed by atoms with Crippen LogP contribution in [0, 0.1) is 11.8 Å². The Balaban J connectivity index is 2.07. The van der Waals surface area contributed by atoms with Crippen LogP contribution in [0.3, 0.4) is 0 Å². The Morgan fingerprint density at radius 2 is 1.75 bits per heavy atom. The molecular formula is C18H17F3N2O4S. The van der Waals surface area contributed by atoms with E-state index < -0.39 is 28.7 Å². The number of aromatic nitrogens is 1. The van der Waals surface area contributed by atoms with Crippen molar-refractivity contribution in [2.75, 3.05) is 5.32 Å². The number of nitrogens with one attached hydrogen (secondary N) is 1. The van der Waals surface area contributed by atoms with E-state index in [1.54, 1.807) is 45.0 Å². The fourth-order valence-corrected chi connectivity index (χ4v) is 2.59. The van der Waals surface area contributed by atoms with E-state index in [1.807, 2.05) is 0 Å². The molecule has 0 radical (unpaired) electrons. The van der Waals surface area contributed by atoms with Crippen LogP contribution in [-0.4, -0.2) is 33.1 Å². The molecule has 0 aliphatic carbocycles. The van der Waals surface area contributed by atoms with Crippen molar-refractivity contribution in [3.05, 3.63) is 45.9 Å². The van der Waals surface area contributed by atoms with Gasteiger partial charge in [0.05, 0.1) is 11.1 Å². The number of amides is 1. The van der Waals surface area contributed by atoms with Crippen LogP contribution < -0.4 is 5.32 Å². The summed E-state index contributed by atoms with van der Waals surface area (Å²) < 4.78 is 42.9. The zero-order valence-corrected chi connectivity index (χ0v) is 15.9. The number of alkyl halides is 3. The maximum atomic E-state index is 12.6. The SMILES string of the molecule is CC(C)(C)OC(=O)Nc1ccc(C#Cc2cnc(C(O)(O)C(F)(F)F)s2)cc1. The summed E-state index contributed by atoms with van der Waals surface area (Å²) in [5.41, 5.74) is 0.380. The molecule has 0 saturated carbocycles. The minimum Gasteiger partial charge on any atom is -0.444 e. The fourth-order valence-electron chi connectivity index (χ4n) is 1.81. The molecule has 0 aliphatic rings. The van der Waals surface area contributed by atoms with Crippen molar-refractivity contribution in [3.8, 4) is 11.8 Å². The molecule has 28 heavy (non-hydrogen) atoms. The number of nitrogens with zero attached hydrogens (tertiary/aromatic N) is 1. The summed E-state index contributed by atoms with van der Waals surface area (Å²) in [4.78, 5) is 15.2. The molecule has 1 aromatic carbocycles. The van der Waals surface area contributed by atoms with E-state index >= 15 is 0 Å². The minimum absolute atomic E-state index is 0.127. The number of hydrogen-bond acceptors (Lipinski definition) is 6. The average Bonchev–Trinajstić information content (AvgIpc) is 3.01. The molecule has 0 saturated heterocycles. The maximum Gasteiger partial charge on any atom is 0.450 e. The number of benzene rings is 1. The summed E-state index contributed by atoms with van der Waals surface area (Å²) in [7, 11) is 0. The van der Waals surface area contributed by atoms with Crippen LogP contribution in [0.5, 0.6) is 0 Å². The first-order valence-corrected chi connectivity index (χ1v) is 8.69. The zero-order valence-electron chi connectivity index (χ0n) is 15.1. The fraction of sp³-hybridized carbons (Fsp3) is 0.333. The third-order valence-corrected chi connectivity index (χ3v) is 4.07. The molecule has 150 valence electrons. The van der Waals surface area contributed by atoms with Crippen molar-refractivity contribution in [3.63, 3.8) is 0 Å².